The van der Waals surface area contributed by atoms with Gasteiger partial charge < -0.3 is 15.4 Å². The lowest BCUT2D eigenvalue weighted by Gasteiger charge is -2.29. The van der Waals surface area contributed by atoms with Crippen LogP contribution in [0.15, 0.2) is 24.3 Å². The van der Waals surface area contributed by atoms with E-state index in [4.69, 9.17) is 16.3 Å². The van der Waals surface area contributed by atoms with E-state index in [1.54, 1.807) is 24.3 Å². The van der Waals surface area contributed by atoms with Gasteiger partial charge in [0, 0.05) is 16.6 Å². The Kier molecular flexibility index (Phi) is 7.25. The van der Waals surface area contributed by atoms with Crippen LogP contribution in [0.4, 0.5) is 0 Å². The van der Waals surface area contributed by atoms with Crippen molar-refractivity contribution in [2.75, 3.05) is 13.2 Å². The Balaban J connectivity index is 1.67. The number of carbonyl (C=O) groups is 3. The van der Waals surface area contributed by atoms with Gasteiger partial charge in [-0.25, -0.2) is 0 Å². The van der Waals surface area contributed by atoms with Crippen LogP contribution >= 0.6 is 11.6 Å². The van der Waals surface area contributed by atoms with Crippen molar-refractivity contribution in [2.24, 2.45) is 5.92 Å². The minimum atomic E-state index is -0.658. The highest BCUT2D eigenvalue weighted by Gasteiger charge is 2.23. The second kappa shape index (κ2) is 9.42. The molecule has 1 aromatic carbocycles. The molecule has 0 aromatic heterocycles. The Hall–Kier alpha value is -2.08. The summed E-state index contributed by atoms with van der Waals surface area (Å²) in [5, 5.41) is 5.87. The SMILES string of the molecule is CC1CCCCC1NC(=O)COC(=O)CNC(=O)c1ccc(Cl)cc1. The topological polar surface area (TPSA) is 84.5 Å². The maximum atomic E-state index is 11.9. The highest BCUT2D eigenvalue weighted by molar-refractivity contribution is 6.30. The van der Waals surface area contributed by atoms with Gasteiger partial charge in [0.15, 0.2) is 6.61 Å². The van der Waals surface area contributed by atoms with E-state index in [2.05, 4.69) is 17.6 Å². The number of amides is 2. The summed E-state index contributed by atoms with van der Waals surface area (Å²) >= 11 is 5.75. The van der Waals surface area contributed by atoms with Gasteiger partial charge in [-0.3, -0.25) is 14.4 Å². The molecule has 2 amide bonds. The number of benzene rings is 1. The monoisotopic (exact) mass is 366 g/mol. The maximum absolute atomic E-state index is 11.9. The van der Waals surface area contributed by atoms with Gasteiger partial charge in [0.1, 0.15) is 6.54 Å². The molecule has 7 heteroatoms. The molecule has 0 saturated heterocycles. The number of halogens is 1. The summed E-state index contributed by atoms with van der Waals surface area (Å²) in [4.78, 5) is 35.4. The highest BCUT2D eigenvalue weighted by atomic mass is 35.5. The molecule has 1 aromatic rings. The Morgan fingerprint density at radius 3 is 2.52 bits per heavy atom. The molecule has 2 unspecified atom stereocenters. The van der Waals surface area contributed by atoms with Crippen molar-refractivity contribution in [2.45, 2.75) is 38.6 Å². The van der Waals surface area contributed by atoms with Crippen molar-refractivity contribution in [3.8, 4) is 0 Å². The number of hydrogen-bond donors (Lipinski definition) is 2. The fourth-order valence-electron chi connectivity index (χ4n) is 2.83. The third-order valence-electron chi connectivity index (χ3n) is 4.32. The predicted molar refractivity (Wildman–Crippen MR) is 94.3 cm³/mol. The van der Waals surface area contributed by atoms with Crippen LogP contribution in [0.1, 0.15) is 43.0 Å². The van der Waals surface area contributed by atoms with Gasteiger partial charge in [-0.15, -0.1) is 0 Å². The summed E-state index contributed by atoms with van der Waals surface area (Å²) in [6.07, 6.45) is 4.35. The average molecular weight is 367 g/mol. The van der Waals surface area contributed by atoms with Gasteiger partial charge in [0.25, 0.3) is 11.8 Å². The lowest BCUT2D eigenvalue weighted by atomic mass is 9.86. The van der Waals surface area contributed by atoms with Crippen LogP contribution < -0.4 is 10.6 Å². The lowest BCUT2D eigenvalue weighted by molar-refractivity contribution is -0.147. The Labute approximate surface area is 152 Å². The first kappa shape index (κ1) is 19.2. The standard InChI is InChI=1S/C18H23ClN2O4/c1-12-4-2-3-5-15(12)21-16(22)11-25-17(23)10-20-18(24)13-6-8-14(19)9-7-13/h6-9,12,15H,2-5,10-11H2,1H3,(H,20,24)(H,21,22). The average Bonchev–Trinajstić information content (AvgIpc) is 2.60. The second-order valence-electron chi connectivity index (χ2n) is 6.29. The minimum absolute atomic E-state index is 0.143. The Morgan fingerprint density at radius 2 is 1.84 bits per heavy atom. The zero-order chi connectivity index (χ0) is 18.2. The molecule has 1 aliphatic carbocycles. The van der Waals surface area contributed by atoms with Crippen LogP contribution in [0.25, 0.3) is 0 Å². The van der Waals surface area contributed by atoms with Crippen molar-refractivity contribution < 1.29 is 19.1 Å². The van der Waals surface area contributed by atoms with Crippen LogP contribution in [-0.4, -0.2) is 37.0 Å². The Bertz CT molecular complexity index is 618. The minimum Gasteiger partial charge on any atom is -0.454 e. The maximum Gasteiger partial charge on any atom is 0.325 e. The fraction of sp³-hybridized carbons (Fsp3) is 0.500. The number of nitrogens with one attached hydrogen (secondary N) is 2. The molecule has 0 spiro atoms. The first-order valence-electron chi connectivity index (χ1n) is 8.44. The predicted octanol–water partition coefficient (Wildman–Crippen LogP) is 2.31. The van der Waals surface area contributed by atoms with E-state index >= 15 is 0 Å². The van der Waals surface area contributed by atoms with Gasteiger partial charge in [-0.05, 0) is 43.0 Å². The lowest BCUT2D eigenvalue weighted by Crippen LogP contribution is -2.43. The zero-order valence-corrected chi connectivity index (χ0v) is 15.0. The number of rotatable bonds is 6. The molecule has 2 N–H and O–H groups in total. The summed E-state index contributed by atoms with van der Waals surface area (Å²) < 4.78 is 4.90. The van der Waals surface area contributed by atoms with Crippen LogP contribution in [-0.2, 0) is 14.3 Å². The van der Waals surface area contributed by atoms with Crippen molar-refractivity contribution in [3.05, 3.63) is 34.9 Å². The zero-order valence-electron chi connectivity index (χ0n) is 14.2. The third-order valence-corrected chi connectivity index (χ3v) is 4.57. The molecule has 136 valence electrons. The van der Waals surface area contributed by atoms with Crippen LogP contribution in [0.5, 0.6) is 0 Å². The molecule has 25 heavy (non-hydrogen) atoms. The van der Waals surface area contributed by atoms with Gasteiger partial charge >= 0.3 is 5.97 Å². The summed E-state index contributed by atoms with van der Waals surface area (Å²) in [5.41, 5.74) is 0.390. The van der Waals surface area contributed by atoms with Gasteiger partial charge in [-0.1, -0.05) is 31.4 Å². The van der Waals surface area contributed by atoms with E-state index in [0.717, 1.165) is 19.3 Å². The van der Waals surface area contributed by atoms with Crippen molar-refractivity contribution in [1.82, 2.24) is 10.6 Å². The molecule has 1 fully saturated rings. The fourth-order valence-corrected chi connectivity index (χ4v) is 2.96. The van der Waals surface area contributed by atoms with Gasteiger partial charge in [0.2, 0.25) is 0 Å². The van der Waals surface area contributed by atoms with Crippen molar-refractivity contribution in [3.63, 3.8) is 0 Å². The summed E-state index contributed by atoms with van der Waals surface area (Å²) in [6.45, 7) is 1.48. The first-order chi connectivity index (χ1) is 12.0. The molecular formula is C18H23ClN2O4. The summed E-state index contributed by atoms with van der Waals surface area (Å²) in [5.74, 6) is -0.938. The second-order valence-corrected chi connectivity index (χ2v) is 6.72. The summed E-state index contributed by atoms with van der Waals surface area (Å²) in [7, 11) is 0. The van der Waals surface area contributed by atoms with E-state index in [-0.39, 0.29) is 25.1 Å². The molecule has 1 aliphatic rings. The molecule has 6 nitrogen and oxygen atoms in total. The van der Waals surface area contributed by atoms with E-state index in [1.807, 2.05) is 0 Å². The largest absolute Gasteiger partial charge is 0.454 e. The molecular weight excluding hydrogens is 344 g/mol. The summed E-state index contributed by atoms with van der Waals surface area (Å²) in [6, 6.07) is 6.44. The van der Waals surface area contributed by atoms with Crippen LogP contribution in [0.3, 0.4) is 0 Å². The molecule has 2 rings (SSSR count). The Morgan fingerprint density at radius 1 is 1.16 bits per heavy atom. The smallest absolute Gasteiger partial charge is 0.325 e. The molecule has 1 saturated carbocycles. The van der Waals surface area contributed by atoms with Crippen molar-refractivity contribution in [1.29, 1.82) is 0 Å². The molecule has 0 aliphatic heterocycles. The normalized spacial score (nSPS) is 19.8. The van der Waals surface area contributed by atoms with E-state index in [1.165, 1.54) is 6.42 Å². The first-order valence-corrected chi connectivity index (χ1v) is 8.82. The molecule has 0 radical (unpaired) electrons. The third kappa shape index (κ3) is 6.38. The van der Waals surface area contributed by atoms with Crippen LogP contribution in [0, 0.1) is 5.92 Å². The number of esters is 1. The van der Waals surface area contributed by atoms with E-state index in [9.17, 15) is 14.4 Å². The number of carbonyl (C=O) groups excluding carboxylic acids is 3. The molecule has 2 atom stereocenters. The quantitative estimate of drug-likeness (QED) is 0.756. The van der Waals surface area contributed by atoms with Crippen molar-refractivity contribution >= 4 is 29.4 Å². The van der Waals surface area contributed by atoms with E-state index in [0.29, 0.717) is 16.5 Å². The van der Waals surface area contributed by atoms with Gasteiger partial charge in [-0.2, -0.15) is 0 Å². The van der Waals surface area contributed by atoms with E-state index < -0.39 is 11.9 Å². The molecule has 0 bridgehead atoms. The molecule has 0 heterocycles. The number of ether oxygens (including phenoxy) is 1. The number of hydrogen-bond acceptors (Lipinski definition) is 4. The van der Waals surface area contributed by atoms with Crippen LogP contribution in [0.2, 0.25) is 5.02 Å². The highest BCUT2D eigenvalue weighted by Crippen LogP contribution is 2.23. The van der Waals surface area contributed by atoms with Gasteiger partial charge in [0.05, 0.1) is 0 Å².